The third-order valence-corrected chi connectivity index (χ3v) is 2.73. The van der Waals surface area contributed by atoms with Crippen molar-refractivity contribution < 1.29 is 14.3 Å². The lowest BCUT2D eigenvalue weighted by Gasteiger charge is -2.10. The Labute approximate surface area is 101 Å². The van der Waals surface area contributed by atoms with Crippen LogP contribution in [-0.2, 0) is 4.74 Å². The maximum atomic E-state index is 11.4. The minimum atomic E-state index is -0.0607. The molecule has 0 amide bonds. The predicted molar refractivity (Wildman–Crippen MR) is 65.0 cm³/mol. The van der Waals surface area contributed by atoms with Gasteiger partial charge in [-0.15, -0.1) is 0 Å². The van der Waals surface area contributed by atoms with E-state index in [0.29, 0.717) is 22.9 Å². The third kappa shape index (κ3) is 3.46. The molecular weight excluding hydrogens is 218 g/mol. The maximum absolute atomic E-state index is 11.4. The molecular formula is C13H17NO3. The van der Waals surface area contributed by atoms with E-state index in [1.54, 1.807) is 18.2 Å². The van der Waals surface area contributed by atoms with E-state index in [1.807, 2.05) is 0 Å². The fraction of sp³-hybridized carbons (Fsp3) is 0.462. The van der Waals surface area contributed by atoms with Crippen molar-refractivity contribution in [3.05, 3.63) is 23.8 Å². The molecule has 0 saturated heterocycles. The van der Waals surface area contributed by atoms with Crippen LogP contribution in [-0.4, -0.2) is 19.2 Å². The highest BCUT2D eigenvalue weighted by Crippen LogP contribution is 2.29. The first-order chi connectivity index (χ1) is 8.16. The van der Waals surface area contributed by atoms with Gasteiger partial charge in [0.15, 0.2) is 12.6 Å². The van der Waals surface area contributed by atoms with Gasteiger partial charge < -0.3 is 15.2 Å². The largest absolute Gasteiger partial charge is 0.467 e. The highest BCUT2D eigenvalue weighted by atomic mass is 16.7. The van der Waals surface area contributed by atoms with Gasteiger partial charge in [0.25, 0.3) is 0 Å². The topological polar surface area (TPSA) is 61.6 Å². The normalized spacial score (nSPS) is 14.6. The predicted octanol–water partition coefficient (Wildman–Crippen LogP) is 2.23. The van der Waals surface area contributed by atoms with Gasteiger partial charge in [-0.1, -0.05) is 0 Å². The lowest BCUT2D eigenvalue weighted by molar-refractivity contribution is 0.00961. The molecule has 0 bridgehead atoms. The molecule has 92 valence electrons. The third-order valence-electron chi connectivity index (χ3n) is 2.73. The number of rotatable bonds is 6. The first-order valence-electron chi connectivity index (χ1n) is 5.78. The van der Waals surface area contributed by atoms with Gasteiger partial charge in [0.1, 0.15) is 5.75 Å². The molecule has 0 atom stereocenters. The number of hydrogen-bond acceptors (Lipinski definition) is 4. The molecule has 1 saturated carbocycles. The van der Waals surface area contributed by atoms with Gasteiger partial charge >= 0.3 is 0 Å². The summed E-state index contributed by atoms with van der Waals surface area (Å²) in [6, 6.07) is 5.04. The second kappa shape index (κ2) is 5.19. The first-order valence-corrected chi connectivity index (χ1v) is 5.78. The Hall–Kier alpha value is -1.55. The number of carbonyl (C=O) groups excluding carboxylic acids is 1. The van der Waals surface area contributed by atoms with Gasteiger partial charge in [-0.05, 0) is 43.9 Å². The Morgan fingerprint density at radius 2 is 2.24 bits per heavy atom. The van der Waals surface area contributed by atoms with Crippen LogP contribution in [0, 0.1) is 5.92 Å². The highest BCUT2D eigenvalue weighted by molar-refractivity contribution is 5.97. The van der Waals surface area contributed by atoms with Crippen LogP contribution in [0.5, 0.6) is 5.75 Å². The zero-order valence-electron chi connectivity index (χ0n) is 9.94. The minimum Gasteiger partial charge on any atom is -0.467 e. The lowest BCUT2D eigenvalue weighted by atomic mass is 10.1. The summed E-state index contributed by atoms with van der Waals surface area (Å²) in [4.78, 5) is 11.4. The molecule has 4 heteroatoms. The molecule has 2 N–H and O–H groups in total. The van der Waals surface area contributed by atoms with Crippen molar-refractivity contribution in [3.63, 3.8) is 0 Å². The average Bonchev–Trinajstić information content (AvgIpc) is 3.09. The van der Waals surface area contributed by atoms with Crippen LogP contribution in [0.4, 0.5) is 5.69 Å². The van der Waals surface area contributed by atoms with Crippen LogP contribution in [0.3, 0.4) is 0 Å². The SMILES string of the molecule is CC(=O)c1cc(N)ccc1OCOCC1CC1. The molecule has 0 spiro atoms. The van der Waals surface area contributed by atoms with Gasteiger partial charge in [0.2, 0.25) is 0 Å². The Kier molecular flexibility index (Phi) is 3.64. The first kappa shape index (κ1) is 11.9. The van der Waals surface area contributed by atoms with Gasteiger partial charge in [0.05, 0.1) is 12.2 Å². The van der Waals surface area contributed by atoms with Gasteiger partial charge in [-0.3, -0.25) is 4.79 Å². The summed E-state index contributed by atoms with van der Waals surface area (Å²) in [7, 11) is 0. The number of Topliss-reactive ketones (excluding diaryl/α,β-unsaturated/α-hetero) is 1. The van der Waals surface area contributed by atoms with Crippen molar-refractivity contribution in [2.75, 3.05) is 19.1 Å². The molecule has 2 rings (SSSR count). The summed E-state index contributed by atoms with van der Waals surface area (Å²) >= 11 is 0. The Bertz CT molecular complexity index is 413. The summed E-state index contributed by atoms with van der Waals surface area (Å²) in [5.74, 6) is 1.18. The van der Waals surface area contributed by atoms with Crippen LogP contribution in [0.15, 0.2) is 18.2 Å². The number of nitrogen functional groups attached to an aromatic ring is 1. The Morgan fingerprint density at radius 3 is 2.88 bits per heavy atom. The molecule has 0 unspecified atom stereocenters. The number of benzene rings is 1. The average molecular weight is 235 g/mol. The Balaban J connectivity index is 1.91. The second-order valence-corrected chi connectivity index (χ2v) is 4.39. The van der Waals surface area contributed by atoms with Gasteiger partial charge in [0, 0.05) is 5.69 Å². The molecule has 1 aromatic rings. The van der Waals surface area contributed by atoms with Gasteiger partial charge in [-0.2, -0.15) is 0 Å². The van der Waals surface area contributed by atoms with Crippen molar-refractivity contribution in [1.29, 1.82) is 0 Å². The zero-order chi connectivity index (χ0) is 12.3. The van der Waals surface area contributed by atoms with E-state index in [4.69, 9.17) is 15.2 Å². The number of nitrogens with two attached hydrogens (primary N) is 1. The van der Waals surface area contributed by atoms with E-state index in [-0.39, 0.29) is 12.6 Å². The van der Waals surface area contributed by atoms with Crippen molar-refractivity contribution in [3.8, 4) is 5.75 Å². The second-order valence-electron chi connectivity index (χ2n) is 4.39. The fourth-order valence-corrected chi connectivity index (χ4v) is 1.55. The molecule has 0 aromatic heterocycles. The fourth-order valence-electron chi connectivity index (χ4n) is 1.55. The molecule has 4 nitrogen and oxygen atoms in total. The van der Waals surface area contributed by atoms with Gasteiger partial charge in [-0.25, -0.2) is 0 Å². The van der Waals surface area contributed by atoms with Crippen LogP contribution in [0.1, 0.15) is 30.1 Å². The van der Waals surface area contributed by atoms with E-state index in [2.05, 4.69) is 0 Å². The molecule has 0 aliphatic heterocycles. The summed E-state index contributed by atoms with van der Waals surface area (Å²) in [6.45, 7) is 2.41. The Morgan fingerprint density at radius 1 is 1.47 bits per heavy atom. The van der Waals surface area contributed by atoms with Crippen LogP contribution in [0.25, 0.3) is 0 Å². The standard InChI is InChI=1S/C13H17NO3/c1-9(15)12-6-11(14)4-5-13(12)17-8-16-7-10-2-3-10/h4-6,10H,2-3,7-8,14H2,1H3. The van der Waals surface area contributed by atoms with E-state index in [1.165, 1.54) is 19.8 Å². The number of ether oxygens (including phenoxy) is 2. The van der Waals surface area contributed by atoms with Crippen molar-refractivity contribution >= 4 is 11.5 Å². The number of carbonyl (C=O) groups is 1. The maximum Gasteiger partial charge on any atom is 0.189 e. The lowest BCUT2D eigenvalue weighted by Crippen LogP contribution is -2.08. The molecule has 17 heavy (non-hydrogen) atoms. The number of anilines is 1. The summed E-state index contributed by atoms with van der Waals surface area (Å²) < 4.78 is 10.8. The number of hydrogen-bond donors (Lipinski definition) is 1. The minimum absolute atomic E-state index is 0.0607. The van der Waals surface area contributed by atoms with E-state index in [0.717, 1.165) is 6.61 Å². The molecule has 0 heterocycles. The van der Waals surface area contributed by atoms with Crippen LogP contribution >= 0.6 is 0 Å². The highest BCUT2D eigenvalue weighted by Gasteiger charge is 2.21. The van der Waals surface area contributed by atoms with Crippen LogP contribution in [0.2, 0.25) is 0 Å². The summed E-state index contributed by atoms with van der Waals surface area (Å²) in [6.07, 6.45) is 2.50. The summed E-state index contributed by atoms with van der Waals surface area (Å²) in [5.41, 5.74) is 6.69. The van der Waals surface area contributed by atoms with Crippen LogP contribution < -0.4 is 10.5 Å². The van der Waals surface area contributed by atoms with Crippen molar-refractivity contribution in [2.45, 2.75) is 19.8 Å². The molecule has 1 fully saturated rings. The molecule has 1 aliphatic rings. The zero-order valence-corrected chi connectivity index (χ0v) is 9.94. The molecule has 0 radical (unpaired) electrons. The summed E-state index contributed by atoms with van der Waals surface area (Å²) in [5, 5.41) is 0. The quantitative estimate of drug-likeness (QED) is 0.355. The van der Waals surface area contributed by atoms with Crippen molar-refractivity contribution in [2.24, 2.45) is 5.92 Å². The van der Waals surface area contributed by atoms with E-state index >= 15 is 0 Å². The number of ketones is 1. The smallest absolute Gasteiger partial charge is 0.189 e. The van der Waals surface area contributed by atoms with E-state index < -0.39 is 0 Å². The van der Waals surface area contributed by atoms with Crippen molar-refractivity contribution in [1.82, 2.24) is 0 Å². The monoisotopic (exact) mass is 235 g/mol. The molecule has 1 aliphatic carbocycles. The molecule has 1 aromatic carbocycles. The van der Waals surface area contributed by atoms with E-state index in [9.17, 15) is 4.79 Å².